The number of methoxy groups -OCH3 is 1. The zero-order chi connectivity index (χ0) is 23.5. The molecule has 2 fully saturated rings. The molecule has 170 valence electrons. The number of imide groups is 1. The van der Waals surface area contributed by atoms with E-state index < -0.39 is 47.0 Å². The zero-order valence-corrected chi connectivity index (χ0v) is 18.3. The number of nitrogens with two attached hydrogens (primary N) is 1. The second-order valence-electron chi connectivity index (χ2n) is 8.76. The first-order chi connectivity index (χ1) is 15.8. The van der Waals surface area contributed by atoms with E-state index >= 15 is 0 Å². The van der Waals surface area contributed by atoms with Gasteiger partial charge in [0.15, 0.2) is 0 Å². The molecule has 3 aliphatic rings. The van der Waals surface area contributed by atoms with Gasteiger partial charge in [0.1, 0.15) is 11.3 Å². The van der Waals surface area contributed by atoms with Crippen molar-refractivity contribution in [2.45, 2.75) is 31.5 Å². The fourth-order valence-corrected chi connectivity index (χ4v) is 5.59. The summed E-state index contributed by atoms with van der Waals surface area (Å²) in [5, 5.41) is 6.08. The largest absolute Gasteiger partial charge is 0.496 e. The summed E-state index contributed by atoms with van der Waals surface area (Å²) in [5.41, 5.74) is 6.76. The van der Waals surface area contributed by atoms with E-state index in [9.17, 15) is 19.2 Å². The molecule has 9 heteroatoms. The summed E-state index contributed by atoms with van der Waals surface area (Å²) in [5.74, 6) is -3.25. The van der Waals surface area contributed by atoms with Crippen LogP contribution in [0.25, 0.3) is 0 Å². The van der Waals surface area contributed by atoms with Crippen LogP contribution in [0.2, 0.25) is 0 Å². The number of aryl methyl sites for hydroxylation is 1. The Kier molecular flexibility index (Phi) is 4.75. The number of likely N-dealkylation sites (tertiary alicyclic amines) is 1. The number of carbonyl (C=O) groups excluding carboxylic acids is 4. The highest BCUT2D eigenvalue weighted by Crippen LogP contribution is 2.54. The van der Waals surface area contributed by atoms with Gasteiger partial charge in [-0.15, -0.1) is 0 Å². The van der Waals surface area contributed by atoms with E-state index in [0.717, 1.165) is 5.56 Å². The van der Waals surface area contributed by atoms with E-state index in [1.54, 1.807) is 30.3 Å². The van der Waals surface area contributed by atoms with Crippen molar-refractivity contribution >= 4 is 29.3 Å². The number of nitrogens with zero attached hydrogens (tertiary/aromatic N) is 1. The summed E-state index contributed by atoms with van der Waals surface area (Å²) >= 11 is 0. The Labute approximate surface area is 190 Å². The van der Waals surface area contributed by atoms with E-state index in [2.05, 4.69) is 10.6 Å². The number of rotatable bonds is 5. The van der Waals surface area contributed by atoms with Gasteiger partial charge in [0.05, 0.1) is 25.5 Å². The minimum Gasteiger partial charge on any atom is -0.496 e. The third kappa shape index (κ3) is 2.88. The van der Waals surface area contributed by atoms with Crippen molar-refractivity contribution in [3.05, 3.63) is 59.2 Å². The molecule has 0 aliphatic carbocycles. The molecule has 9 nitrogen and oxygen atoms in total. The number of para-hydroxylation sites is 2. The maximum absolute atomic E-state index is 13.8. The zero-order valence-electron chi connectivity index (χ0n) is 18.3. The van der Waals surface area contributed by atoms with Gasteiger partial charge >= 0.3 is 0 Å². The van der Waals surface area contributed by atoms with E-state index in [1.165, 1.54) is 12.0 Å². The quantitative estimate of drug-likeness (QED) is 0.580. The van der Waals surface area contributed by atoms with Gasteiger partial charge in [-0.2, -0.15) is 0 Å². The standard InChI is InChI=1S/C24H24N4O5/c1-12-6-5-8-14-20(12)26-23(32)24(14)19-18(15(27-24)10-17(25)29)21(30)28(22(19)31)11-13-7-3-4-9-16(13)33-2/h3-9,15,18-19,27H,10-11H2,1-2H3,(H2,25,29)(H,26,32)/t15?,18-,19+,24?/m1/s1. The Bertz CT molecular complexity index is 1210. The van der Waals surface area contributed by atoms with Crippen LogP contribution in [0.15, 0.2) is 42.5 Å². The minimum absolute atomic E-state index is 0.0103. The van der Waals surface area contributed by atoms with Crippen molar-refractivity contribution in [1.29, 1.82) is 0 Å². The van der Waals surface area contributed by atoms with Gasteiger partial charge in [0.25, 0.3) is 0 Å². The van der Waals surface area contributed by atoms with Crippen LogP contribution < -0.4 is 21.1 Å². The smallest absolute Gasteiger partial charge is 0.250 e. The second-order valence-corrected chi connectivity index (χ2v) is 8.76. The number of nitrogens with one attached hydrogen (secondary N) is 2. The highest BCUT2D eigenvalue weighted by molar-refractivity contribution is 6.15. The lowest BCUT2D eigenvalue weighted by Gasteiger charge is -2.29. The molecule has 4 N–H and O–H groups in total. The normalized spacial score (nSPS) is 27.6. The number of anilines is 1. The van der Waals surface area contributed by atoms with E-state index in [1.807, 2.05) is 19.1 Å². The predicted molar refractivity (Wildman–Crippen MR) is 118 cm³/mol. The monoisotopic (exact) mass is 448 g/mol. The van der Waals surface area contributed by atoms with Crippen molar-refractivity contribution in [1.82, 2.24) is 10.2 Å². The van der Waals surface area contributed by atoms with Gasteiger partial charge in [-0.05, 0) is 18.6 Å². The van der Waals surface area contributed by atoms with Gasteiger partial charge < -0.3 is 15.8 Å². The van der Waals surface area contributed by atoms with Gasteiger partial charge in [-0.3, -0.25) is 29.4 Å². The number of hydrogen-bond acceptors (Lipinski definition) is 6. The summed E-state index contributed by atoms with van der Waals surface area (Å²) in [6.45, 7) is 1.87. The van der Waals surface area contributed by atoms with Crippen molar-refractivity contribution in [2.24, 2.45) is 17.6 Å². The van der Waals surface area contributed by atoms with Crippen molar-refractivity contribution in [3.8, 4) is 5.75 Å². The summed E-state index contributed by atoms with van der Waals surface area (Å²) < 4.78 is 5.38. The highest BCUT2D eigenvalue weighted by atomic mass is 16.5. The van der Waals surface area contributed by atoms with Crippen LogP contribution in [-0.4, -0.2) is 41.7 Å². The number of benzene rings is 2. The summed E-state index contributed by atoms with van der Waals surface area (Å²) in [6, 6.07) is 11.8. The molecule has 4 amide bonds. The van der Waals surface area contributed by atoms with Crippen LogP contribution in [-0.2, 0) is 31.3 Å². The molecule has 0 aromatic heterocycles. The Morgan fingerprint density at radius 1 is 1.12 bits per heavy atom. The van der Waals surface area contributed by atoms with Gasteiger partial charge in [-0.1, -0.05) is 36.4 Å². The molecule has 4 atom stereocenters. The topological polar surface area (TPSA) is 131 Å². The van der Waals surface area contributed by atoms with E-state index in [4.69, 9.17) is 10.5 Å². The van der Waals surface area contributed by atoms with Crippen LogP contribution in [0.1, 0.15) is 23.1 Å². The fraction of sp³-hybridized carbons (Fsp3) is 0.333. The molecule has 0 radical (unpaired) electrons. The second kappa shape index (κ2) is 7.41. The molecular formula is C24H24N4O5. The Hall–Kier alpha value is -3.72. The fourth-order valence-electron chi connectivity index (χ4n) is 5.59. The molecule has 0 bridgehead atoms. The first kappa shape index (κ1) is 21.1. The first-order valence-electron chi connectivity index (χ1n) is 10.7. The Balaban J connectivity index is 1.61. The molecular weight excluding hydrogens is 424 g/mol. The number of hydrogen-bond donors (Lipinski definition) is 3. The predicted octanol–water partition coefficient (Wildman–Crippen LogP) is 0.800. The maximum Gasteiger partial charge on any atom is 0.250 e. The SMILES string of the molecule is COc1ccccc1CN1C(=O)[C@@H]2C(CC(N)=O)NC3(C(=O)Nc4c(C)cccc43)[C@@H]2C1=O. The number of ether oxygens (including phenoxy) is 1. The molecule has 2 aromatic rings. The Morgan fingerprint density at radius 2 is 1.88 bits per heavy atom. The Morgan fingerprint density at radius 3 is 2.61 bits per heavy atom. The number of carbonyl (C=O) groups is 4. The van der Waals surface area contributed by atoms with Gasteiger partial charge in [0, 0.05) is 29.3 Å². The van der Waals surface area contributed by atoms with E-state index in [-0.39, 0.29) is 13.0 Å². The van der Waals surface area contributed by atoms with Crippen molar-refractivity contribution in [3.63, 3.8) is 0 Å². The van der Waals surface area contributed by atoms with Crippen LogP contribution in [0.5, 0.6) is 5.75 Å². The lowest BCUT2D eigenvalue weighted by Crippen LogP contribution is -2.53. The molecule has 2 unspecified atom stereocenters. The van der Waals surface area contributed by atoms with E-state index in [0.29, 0.717) is 22.6 Å². The average molecular weight is 448 g/mol. The number of primary amides is 1. The molecule has 1 spiro atoms. The lowest BCUT2D eigenvalue weighted by molar-refractivity contribution is -0.143. The molecule has 3 aliphatic heterocycles. The van der Waals surface area contributed by atoms with Crippen LogP contribution in [0.3, 0.4) is 0 Å². The number of fused-ring (bicyclic) bond motifs is 4. The molecule has 2 aromatic carbocycles. The first-order valence-corrected chi connectivity index (χ1v) is 10.7. The van der Waals surface area contributed by atoms with Crippen LogP contribution >= 0.6 is 0 Å². The highest BCUT2D eigenvalue weighted by Gasteiger charge is 2.70. The summed E-state index contributed by atoms with van der Waals surface area (Å²) in [6.07, 6.45) is -0.168. The maximum atomic E-state index is 13.8. The van der Waals surface area contributed by atoms with Gasteiger partial charge in [-0.25, -0.2) is 0 Å². The molecule has 0 saturated carbocycles. The third-order valence-electron chi connectivity index (χ3n) is 6.99. The van der Waals surface area contributed by atoms with Crippen LogP contribution in [0, 0.1) is 18.8 Å². The minimum atomic E-state index is -1.45. The van der Waals surface area contributed by atoms with Gasteiger partial charge in [0.2, 0.25) is 23.6 Å². The summed E-state index contributed by atoms with van der Waals surface area (Å²) in [4.78, 5) is 53.7. The summed E-state index contributed by atoms with van der Waals surface area (Å²) in [7, 11) is 1.52. The van der Waals surface area contributed by atoms with Crippen molar-refractivity contribution < 1.29 is 23.9 Å². The molecule has 3 heterocycles. The number of amides is 4. The molecule has 33 heavy (non-hydrogen) atoms. The van der Waals surface area contributed by atoms with Crippen molar-refractivity contribution in [2.75, 3.05) is 12.4 Å². The third-order valence-corrected chi connectivity index (χ3v) is 6.99. The molecule has 2 saturated heterocycles. The molecule has 5 rings (SSSR count). The lowest BCUT2D eigenvalue weighted by atomic mass is 9.76. The average Bonchev–Trinajstić information content (AvgIpc) is 3.35. The van der Waals surface area contributed by atoms with Crippen LogP contribution in [0.4, 0.5) is 5.69 Å².